The Bertz CT molecular complexity index is 741. The minimum atomic E-state index is -0.663. The molecule has 0 aliphatic rings. The number of benzene rings is 2. The van der Waals surface area contributed by atoms with E-state index in [-0.39, 0.29) is 10.6 Å². The summed E-state index contributed by atoms with van der Waals surface area (Å²) in [5.74, 6) is -1.33. The third-order valence-electron chi connectivity index (χ3n) is 2.93. The number of alkyl halides is 1. The van der Waals surface area contributed by atoms with Gasteiger partial charge in [-0.05, 0) is 17.7 Å². The summed E-state index contributed by atoms with van der Waals surface area (Å²) in [6.45, 7) is 0. The van der Waals surface area contributed by atoms with Crippen molar-refractivity contribution in [3.8, 4) is 10.6 Å². The normalized spacial score (nSPS) is 12.3. The highest BCUT2D eigenvalue weighted by molar-refractivity contribution is 7.15. The Morgan fingerprint density at radius 3 is 2.24 bits per heavy atom. The van der Waals surface area contributed by atoms with Gasteiger partial charge in [0, 0.05) is 0 Å². The zero-order valence-corrected chi connectivity index (χ0v) is 12.2. The van der Waals surface area contributed by atoms with Crippen LogP contribution in [0.3, 0.4) is 0 Å². The minimum absolute atomic E-state index is 0.168. The molecule has 0 saturated carbocycles. The van der Waals surface area contributed by atoms with Gasteiger partial charge in [0.1, 0.15) is 22.0 Å². The van der Waals surface area contributed by atoms with Crippen LogP contribution in [0.1, 0.15) is 15.9 Å². The van der Waals surface area contributed by atoms with Crippen LogP contribution in [0.25, 0.3) is 10.6 Å². The topological polar surface area (TPSA) is 25.8 Å². The lowest BCUT2D eigenvalue weighted by molar-refractivity contribution is 0.589. The lowest BCUT2D eigenvalue weighted by Crippen LogP contribution is -1.91. The second-order valence-electron chi connectivity index (χ2n) is 4.32. The molecule has 6 heteroatoms. The zero-order chi connectivity index (χ0) is 14.8. The highest BCUT2D eigenvalue weighted by Gasteiger charge is 2.20. The van der Waals surface area contributed by atoms with E-state index in [0.717, 1.165) is 16.9 Å². The number of hydrogen-bond acceptors (Lipinski definition) is 3. The lowest BCUT2D eigenvalue weighted by atomic mass is 10.1. The average Bonchev–Trinajstić information content (AvgIpc) is 2.97. The predicted octanol–water partition coefficient (Wildman–Crippen LogP) is 4.81. The maximum atomic E-state index is 13.7. The smallest absolute Gasteiger partial charge is 0.153 e. The Morgan fingerprint density at radius 2 is 1.57 bits per heavy atom. The third kappa shape index (κ3) is 2.80. The summed E-state index contributed by atoms with van der Waals surface area (Å²) in [6, 6.07) is 13.0. The SMILES string of the molecule is Fc1cccc(F)c1-c1nnc(C(Cl)c2ccccc2)s1. The maximum Gasteiger partial charge on any atom is 0.153 e. The van der Waals surface area contributed by atoms with E-state index >= 15 is 0 Å². The third-order valence-corrected chi connectivity index (χ3v) is 4.52. The molecular weight excluding hydrogens is 314 g/mol. The summed E-state index contributed by atoms with van der Waals surface area (Å²) in [5, 5.41) is 8.00. The van der Waals surface area contributed by atoms with Crippen molar-refractivity contribution in [2.75, 3.05) is 0 Å². The van der Waals surface area contributed by atoms with Crippen molar-refractivity contribution in [1.29, 1.82) is 0 Å². The van der Waals surface area contributed by atoms with Gasteiger partial charge in [-0.1, -0.05) is 47.7 Å². The van der Waals surface area contributed by atoms with Crippen LogP contribution in [-0.4, -0.2) is 10.2 Å². The van der Waals surface area contributed by atoms with Gasteiger partial charge < -0.3 is 0 Å². The van der Waals surface area contributed by atoms with E-state index in [2.05, 4.69) is 10.2 Å². The Kier molecular flexibility index (Phi) is 3.94. The van der Waals surface area contributed by atoms with Crippen LogP contribution in [-0.2, 0) is 0 Å². The van der Waals surface area contributed by atoms with Gasteiger partial charge in [-0.15, -0.1) is 21.8 Å². The van der Waals surface area contributed by atoms with E-state index in [4.69, 9.17) is 11.6 Å². The molecule has 2 nitrogen and oxygen atoms in total. The van der Waals surface area contributed by atoms with Crippen molar-refractivity contribution >= 4 is 22.9 Å². The molecule has 106 valence electrons. The Hall–Kier alpha value is -1.85. The minimum Gasteiger partial charge on any atom is -0.206 e. The summed E-state index contributed by atoms with van der Waals surface area (Å²) in [4.78, 5) is 0. The van der Waals surface area contributed by atoms with Crippen molar-refractivity contribution in [1.82, 2.24) is 10.2 Å². The van der Waals surface area contributed by atoms with Gasteiger partial charge in [-0.25, -0.2) is 8.78 Å². The number of aromatic nitrogens is 2. The van der Waals surface area contributed by atoms with Gasteiger partial charge >= 0.3 is 0 Å². The van der Waals surface area contributed by atoms with Crippen LogP contribution >= 0.6 is 22.9 Å². The summed E-state index contributed by atoms with van der Waals surface area (Å²) in [5.41, 5.74) is 0.689. The Morgan fingerprint density at radius 1 is 0.905 bits per heavy atom. The van der Waals surface area contributed by atoms with Gasteiger partial charge in [0.05, 0.1) is 5.56 Å². The van der Waals surface area contributed by atoms with Crippen LogP contribution in [0.15, 0.2) is 48.5 Å². The van der Waals surface area contributed by atoms with Crippen molar-refractivity contribution in [2.45, 2.75) is 5.38 Å². The molecule has 0 amide bonds. The highest BCUT2D eigenvalue weighted by atomic mass is 35.5. The quantitative estimate of drug-likeness (QED) is 0.647. The van der Waals surface area contributed by atoms with E-state index in [1.165, 1.54) is 18.2 Å². The molecule has 3 rings (SSSR count). The monoisotopic (exact) mass is 322 g/mol. The second-order valence-corrected chi connectivity index (χ2v) is 5.76. The molecule has 0 aliphatic heterocycles. The summed E-state index contributed by atoms with van der Waals surface area (Å²) in [7, 11) is 0. The molecule has 1 aromatic heterocycles. The molecule has 0 radical (unpaired) electrons. The van der Waals surface area contributed by atoms with Crippen LogP contribution in [0.5, 0.6) is 0 Å². The summed E-state index contributed by atoms with van der Waals surface area (Å²) in [6.07, 6.45) is 0. The van der Waals surface area contributed by atoms with Crippen LogP contribution in [0.4, 0.5) is 8.78 Å². The molecule has 0 spiro atoms. The van der Waals surface area contributed by atoms with E-state index < -0.39 is 17.0 Å². The molecule has 0 bridgehead atoms. The molecule has 0 saturated heterocycles. The van der Waals surface area contributed by atoms with Gasteiger partial charge in [-0.3, -0.25) is 0 Å². The second kappa shape index (κ2) is 5.87. The summed E-state index contributed by atoms with van der Waals surface area (Å²) >= 11 is 7.42. The molecule has 1 heterocycles. The first-order chi connectivity index (χ1) is 10.2. The van der Waals surface area contributed by atoms with Gasteiger partial charge in [0.2, 0.25) is 0 Å². The van der Waals surface area contributed by atoms with E-state index in [9.17, 15) is 8.78 Å². The zero-order valence-electron chi connectivity index (χ0n) is 10.6. The fourth-order valence-corrected chi connectivity index (χ4v) is 3.13. The molecule has 1 unspecified atom stereocenters. The molecule has 2 aromatic carbocycles. The first-order valence-corrected chi connectivity index (χ1v) is 7.39. The van der Waals surface area contributed by atoms with Gasteiger partial charge in [0.15, 0.2) is 5.01 Å². The fourth-order valence-electron chi connectivity index (χ4n) is 1.90. The van der Waals surface area contributed by atoms with E-state index in [0.29, 0.717) is 5.01 Å². The molecule has 21 heavy (non-hydrogen) atoms. The molecule has 0 N–H and O–H groups in total. The van der Waals surface area contributed by atoms with Crippen molar-refractivity contribution in [3.05, 3.63) is 70.7 Å². The fraction of sp³-hybridized carbons (Fsp3) is 0.0667. The van der Waals surface area contributed by atoms with Crippen LogP contribution in [0, 0.1) is 11.6 Å². The number of nitrogens with zero attached hydrogens (tertiary/aromatic N) is 2. The maximum absolute atomic E-state index is 13.7. The molecule has 3 aromatic rings. The average molecular weight is 323 g/mol. The van der Waals surface area contributed by atoms with Crippen molar-refractivity contribution in [3.63, 3.8) is 0 Å². The van der Waals surface area contributed by atoms with Crippen LogP contribution in [0.2, 0.25) is 0 Å². The van der Waals surface area contributed by atoms with Crippen molar-refractivity contribution in [2.24, 2.45) is 0 Å². The lowest BCUT2D eigenvalue weighted by Gasteiger charge is -2.04. The largest absolute Gasteiger partial charge is 0.206 e. The molecule has 0 aliphatic carbocycles. The predicted molar refractivity (Wildman–Crippen MR) is 79.4 cm³/mol. The number of halogens is 3. The number of hydrogen-bond donors (Lipinski definition) is 0. The van der Waals surface area contributed by atoms with Crippen LogP contribution < -0.4 is 0 Å². The van der Waals surface area contributed by atoms with Gasteiger partial charge in [-0.2, -0.15) is 0 Å². The Balaban J connectivity index is 1.97. The summed E-state index contributed by atoms with van der Waals surface area (Å²) < 4.78 is 27.5. The molecular formula is C15H9ClF2N2S. The van der Waals surface area contributed by atoms with Crippen molar-refractivity contribution < 1.29 is 8.78 Å². The standard InChI is InChI=1S/C15H9ClF2N2S/c16-13(9-5-2-1-3-6-9)15-20-19-14(21-15)12-10(17)7-4-8-11(12)18/h1-8,13H. The number of rotatable bonds is 3. The highest BCUT2D eigenvalue weighted by Crippen LogP contribution is 2.35. The van der Waals surface area contributed by atoms with E-state index in [1.54, 1.807) is 0 Å². The molecule has 0 fully saturated rings. The Labute approximate surface area is 129 Å². The van der Waals surface area contributed by atoms with E-state index in [1.807, 2.05) is 30.3 Å². The first-order valence-electron chi connectivity index (χ1n) is 6.13. The molecule has 1 atom stereocenters. The first kappa shape index (κ1) is 14.1. The van der Waals surface area contributed by atoms with Gasteiger partial charge in [0.25, 0.3) is 0 Å².